The van der Waals surface area contributed by atoms with Crippen LogP contribution in [0, 0.1) is 0 Å². The standard InChI is InChI=1S/C13H10O13S3/c14-11-7(13(16)17)1-5(2-8(11)27(18,19)20)6-3-9(28(21,22)23)12(15)10(4-6)29(24,25)26/h1-4,14-15H,(H,16,17)(H,18,19,20)(H,21,22,23)(H,24,25,26). The Kier molecular flexibility index (Phi) is 5.39. The van der Waals surface area contributed by atoms with Crippen molar-refractivity contribution >= 4 is 36.3 Å². The van der Waals surface area contributed by atoms with Gasteiger partial charge in [-0.3, -0.25) is 13.7 Å². The third-order valence-electron chi connectivity index (χ3n) is 3.51. The highest BCUT2D eigenvalue weighted by Crippen LogP contribution is 2.38. The number of rotatable bonds is 5. The number of benzene rings is 2. The van der Waals surface area contributed by atoms with Crippen molar-refractivity contribution in [2.75, 3.05) is 0 Å². The van der Waals surface area contributed by atoms with Crippen molar-refractivity contribution in [2.45, 2.75) is 14.7 Å². The zero-order chi connectivity index (χ0) is 22.5. The minimum absolute atomic E-state index is 0.436. The number of hydrogen-bond acceptors (Lipinski definition) is 9. The highest BCUT2D eigenvalue weighted by molar-refractivity contribution is 7.87. The molecule has 29 heavy (non-hydrogen) atoms. The molecule has 0 radical (unpaired) electrons. The second-order valence-corrected chi connectivity index (χ2v) is 9.59. The average molecular weight is 470 g/mol. The zero-order valence-corrected chi connectivity index (χ0v) is 16.0. The van der Waals surface area contributed by atoms with Crippen LogP contribution in [0.4, 0.5) is 0 Å². The van der Waals surface area contributed by atoms with Gasteiger partial charge in [0, 0.05) is 0 Å². The van der Waals surface area contributed by atoms with Crippen molar-refractivity contribution in [3.05, 3.63) is 29.8 Å². The van der Waals surface area contributed by atoms with E-state index in [1.165, 1.54) is 0 Å². The van der Waals surface area contributed by atoms with E-state index < -0.39 is 79.2 Å². The van der Waals surface area contributed by atoms with E-state index in [0.717, 1.165) is 0 Å². The summed E-state index contributed by atoms with van der Waals surface area (Å²) in [6, 6.07) is 1.92. The number of phenols is 2. The van der Waals surface area contributed by atoms with Crippen LogP contribution in [-0.4, -0.2) is 60.2 Å². The molecule has 2 aromatic rings. The molecule has 0 saturated carbocycles. The summed E-state index contributed by atoms with van der Waals surface area (Å²) in [5.74, 6) is -4.81. The van der Waals surface area contributed by atoms with Crippen LogP contribution in [0.1, 0.15) is 10.4 Å². The number of hydrogen-bond donors (Lipinski definition) is 6. The summed E-state index contributed by atoms with van der Waals surface area (Å²) in [5, 5.41) is 28.6. The van der Waals surface area contributed by atoms with Crippen LogP contribution in [0.3, 0.4) is 0 Å². The smallest absolute Gasteiger partial charge is 0.339 e. The lowest BCUT2D eigenvalue weighted by Gasteiger charge is -2.12. The van der Waals surface area contributed by atoms with E-state index in [4.69, 9.17) is 18.8 Å². The van der Waals surface area contributed by atoms with Crippen LogP contribution in [0.5, 0.6) is 11.5 Å². The van der Waals surface area contributed by atoms with Crippen molar-refractivity contribution in [3.8, 4) is 22.6 Å². The molecule has 0 aromatic heterocycles. The molecule has 16 heteroatoms. The largest absolute Gasteiger partial charge is 0.506 e. The predicted molar refractivity (Wildman–Crippen MR) is 91.6 cm³/mol. The second-order valence-electron chi connectivity index (χ2n) is 5.42. The van der Waals surface area contributed by atoms with E-state index in [9.17, 15) is 40.3 Å². The molecular weight excluding hydrogens is 460 g/mol. The molecule has 0 fully saturated rings. The SMILES string of the molecule is O=C(O)c1cc(-c2cc(S(=O)(=O)O)c(O)c(S(=O)(=O)O)c2)cc(S(=O)(=O)O)c1O. The van der Waals surface area contributed by atoms with Gasteiger partial charge in [0.05, 0.1) is 0 Å². The highest BCUT2D eigenvalue weighted by Gasteiger charge is 2.28. The monoisotopic (exact) mass is 470 g/mol. The van der Waals surface area contributed by atoms with Crippen LogP contribution in [0.2, 0.25) is 0 Å². The summed E-state index contributed by atoms with van der Waals surface area (Å²) in [6.07, 6.45) is 0. The number of aromatic hydroxyl groups is 2. The Morgan fingerprint density at radius 3 is 1.24 bits per heavy atom. The van der Waals surface area contributed by atoms with Crippen molar-refractivity contribution in [1.82, 2.24) is 0 Å². The van der Waals surface area contributed by atoms with E-state index in [0.29, 0.717) is 24.3 Å². The Labute approximate surface area is 162 Å². The van der Waals surface area contributed by atoms with E-state index in [1.807, 2.05) is 0 Å². The Morgan fingerprint density at radius 2 is 0.931 bits per heavy atom. The van der Waals surface area contributed by atoms with Crippen LogP contribution >= 0.6 is 0 Å². The molecule has 13 nitrogen and oxygen atoms in total. The minimum atomic E-state index is -5.28. The van der Waals surface area contributed by atoms with Gasteiger partial charge in [0.25, 0.3) is 30.4 Å². The first kappa shape index (κ1) is 22.5. The normalized spacial score (nSPS) is 12.7. The molecule has 0 aliphatic carbocycles. The number of carbonyl (C=O) groups is 1. The number of phenolic OH excluding ortho intramolecular Hbond substituents is 1. The fraction of sp³-hybridized carbons (Fsp3) is 0. The quantitative estimate of drug-likeness (QED) is 0.320. The fourth-order valence-corrected chi connectivity index (χ4v) is 4.23. The number of carboxylic acid groups (broad SMARTS) is 1. The topological polar surface area (TPSA) is 241 Å². The Bertz CT molecular complexity index is 1300. The first-order valence-corrected chi connectivity index (χ1v) is 11.2. The zero-order valence-electron chi connectivity index (χ0n) is 13.6. The van der Waals surface area contributed by atoms with E-state index >= 15 is 0 Å². The molecule has 0 saturated heterocycles. The Balaban J connectivity index is 3.06. The van der Waals surface area contributed by atoms with Crippen LogP contribution in [-0.2, 0) is 30.4 Å². The number of aromatic carboxylic acids is 1. The number of carboxylic acids is 1. The van der Waals surface area contributed by atoms with Crippen molar-refractivity contribution in [3.63, 3.8) is 0 Å². The molecule has 0 heterocycles. The summed E-state index contributed by atoms with van der Waals surface area (Å²) in [6.45, 7) is 0. The summed E-state index contributed by atoms with van der Waals surface area (Å²) in [7, 11) is -15.8. The van der Waals surface area contributed by atoms with Crippen molar-refractivity contribution in [1.29, 1.82) is 0 Å². The predicted octanol–water partition coefficient (Wildman–Crippen LogP) is 0.203. The third-order valence-corrected chi connectivity index (χ3v) is 6.11. The van der Waals surface area contributed by atoms with Gasteiger partial charge in [0.1, 0.15) is 20.2 Å². The molecule has 0 bridgehead atoms. The van der Waals surface area contributed by atoms with Gasteiger partial charge in [-0.2, -0.15) is 25.3 Å². The van der Waals surface area contributed by atoms with E-state index in [-0.39, 0.29) is 0 Å². The molecule has 158 valence electrons. The van der Waals surface area contributed by atoms with Crippen molar-refractivity contribution in [2.24, 2.45) is 0 Å². The molecule has 0 atom stereocenters. The lowest BCUT2D eigenvalue weighted by molar-refractivity contribution is 0.0693. The van der Waals surface area contributed by atoms with E-state index in [2.05, 4.69) is 0 Å². The maximum Gasteiger partial charge on any atom is 0.339 e. The second kappa shape index (κ2) is 6.94. The molecule has 0 spiro atoms. The highest BCUT2D eigenvalue weighted by atomic mass is 32.2. The van der Waals surface area contributed by atoms with Gasteiger partial charge in [-0.15, -0.1) is 0 Å². The molecule has 6 N–H and O–H groups in total. The summed E-state index contributed by atoms with van der Waals surface area (Å²) >= 11 is 0. The van der Waals surface area contributed by atoms with Crippen molar-refractivity contribution < 1.29 is 59.0 Å². The fourth-order valence-electron chi connectivity index (χ4n) is 2.28. The molecule has 0 amide bonds. The molecule has 0 aliphatic heterocycles. The summed E-state index contributed by atoms with van der Waals surface area (Å²) in [4.78, 5) is 7.09. The molecule has 0 aliphatic rings. The van der Waals surface area contributed by atoms with Gasteiger partial charge < -0.3 is 15.3 Å². The van der Waals surface area contributed by atoms with Gasteiger partial charge in [0.2, 0.25) is 0 Å². The molecule has 2 aromatic carbocycles. The van der Waals surface area contributed by atoms with Gasteiger partial charge in [-0.1, -0.05) is 0 Å². The van der Waals surface area contributed by atoms with Gasteiger partial charge in [-0.25, -0.2) is 4.79 Å². The summed E-state index contributed by atoms with van der Waals surface area (Å²) in [5.41, 5.74) is -2.29. The van der Waals surface area contributed by atoms with Crippen LogP contribution in [0.15, 0.2) is 39.0 Å². The summed E-state index contributed by atoms with van der Waals surface area (Å²) < 4.78 is 96.0. The Hall–Kier alpha value is -2.76. The van der Waals surface area contributed by atoms with E-state index in [1.54, 1.807) is 0 Å². The van der Waals surface area contributed by atoms with Crippen LogP contribution < -0.4 is 0 Å². The van der Waals surface area contributed by atoms with Gasteiger partial charge >= 0.3 is 5.97 Å². The minimum Gasteiger partial charge on any atom is -0.506 e. The lowest BCUT2D eigenvalue weighted by atomic mass is 10.0. The maximum atomic E-state index is 11.4. The first-order valence-electron chi connectivity index (χ1n) is 6.84. The average Bonchev–Trinajstić information content (AvgIpc) is 2.51. The lowest BCUT2D eigenvalue weighted by Crippen LogP contribution is -2.07. The van der Waals surface area contributed by atoms with Gasteiger partial charge in [0.15, 0.2) is 11.5 Å². The van der Waals surface area contributed by atoms with Crippen LogP contribution in [0.25, 0.3) is 11.1 Å². The van der Waals surface area contributed by atoms with Gasteiger partial charge in [-0.05, 0) is 35.4 Å². The first-order chi connectivity index (χ1) is 12.9. The Morgan fingerprint density at radius 1 is 0.621 bits per heavy atom. The molecule has 0 unspecified atom stereocenters. The maximum absolute atomic E-state index is 11.4. The third kappa shape index (κ3) is 4.47. The molecular formula is C13H10O13S3. The molecule has 2 rings (SSSR count).